The lowest BCUT2D eigenvalue weighted by molar-refractivity contribution is -0.122. The summed E-state index contributed by atoms with van der Waals surface area (Å²) in [6.07, 6.45) is 0.681. The number of hydrogen-bond acceptors (Lipinski definition) is 4. The largest absolute Gasteiger partial charge is 0.399 e. The fourth-order valence-corrected chi connectivity index (χ4v) is 2.85. The molecule has 0 heterocycles. The molecule has 1 rings (SSSR count). The number of hydrogen-bond donors (Lipinski definition) is 3. The predicted octanol–water partition coefficient (Wildman–Crippen LogP) is 0.740. The summed E-state index contributed by atoms with van der Waals surface area (Å²) >= 11 is 0. The van der Waals surface area contributed by atoms with Crippen LogP contribution in [0.3, 0.4) is 0 Å². The first kappa shape index (κ1) is 17.3. The molecule has 1 atom stereocenters. The van der Waals surface area contributed by atoms with Crippen LogP contribution in [-0.4, -0.2) is 26.9 Å². The molecule has 0 radical (unpaired) electrons. The zero-order valence-corrected chi connectivity index (χ0v) is 12.4. The molecule has 0 aliphatic heterocycles. The van der Waals surface area contributed by atoms with Gasteiger partial charge in [0.1, 0.15) is 4.90 Å². The molecular weight excluding hydrogens is 304 g/mol. The molecule has 118 valence electrons. The average molecular weight is 321 g/mol. The second kappa shape index (κ2) is 6.81. The van der Waals surface area contributed by atoms with E-state index in [-0.39, 0.29) is 5.69 Å². The SMILES string of the molecule is CCCNC(=O)C(C)NS(=O)(=O)c1cc(N)cc(F)c1F. The van der Waals surface area contributed by atoms with Crippen molar-refractivity contribution in [2.45, 2.75) is 31.2 Å². The number of halogens is 2. The number of nitrogens with two attached hydrogens (primary N) is 1. The van der Waals surface area contributed by atoms with E-state index in [9.17, 15) is 22.0 Å². The van der Waals surface area contributed by atoms with Gasteiger partial charge in [-0.05, 0) is 25.5 Å². The van der Waals surface area contributed by atoms with Crippen LogP contribution in [0, 0.1) is 11.6 Å². The quantitative estimate of drug-likeness (QED) is 0.673. The van der Waals surface area contributed by atoms with Crippen LogP contribution in [0.1, 0.15) is 20.3 Å². The van der Waals surface area contributed by atoms with Gasteiger partial charge in [-0.15, -0.1) is 0 Å². The van der Waals surface area contributed by atoms with Crippen LogP contribution in [-0.2, 0) is 14.8 Å². The molecule has 4 N–H and O–H groups in total. The number of nitrogens with one attached hydrogen (secondary N) is 2. The van der Waals surface area contributed by atoms with Crippen LogP contribution < -0.4 is 15.8 Å². The second-order valence-electron chi connectivity index (χ2n) is 4.45. The van der Waals surface area contributed by atoms with Gasteiger partial charge in [0.15, 0.2) is 11.6 Å². The van der Waals surface area contributed by atoms with Crippen LogP contribution >= 0.6 is 0 Å². The van der Waals surface area contributed by atoms with Gasteiger partial charge in [0.05, 0.1) is 6.04 Å². The number of benzene rings is 1. The maximum Gasteiger partial charge on any atom is 0.244 e. The molecule has 0 spiro atoms. The van der Waals surface area contributed by atoms with E-state index >= 15 is 0 Å². The van der Waals surface area contributed by atoms with Crippen molar-refractivity contribution >= 4 is 21.6 Å². The Bertz CT molecular complexity index is 635. The summed E-state index contributed by atoms with van der Waals surface area (Å²) in [6, 6.07) is 0.328. The van der Waals surface area contributed by atoms with Crippen LogP contribution in [0.4, 0.5) is 14.5 Å². The lowest BCUT2D eigenvalue weighted by atomic mass is 10.3. The van der Waals surface area contributed by atoms with E-state index in [0.717, 1.165) is 6.07 Å². The zero-order valence-electron chi connectivity index (χ0n) is 11.6. The maximum atomic E-state index is 13.6. The van der Waals surface area contributed by atoms with Crippen molar-refractivity contribution in [2.75, 3.05) is 12.3 Å². The Morgan fingerprint density at radius 1 is 1.38 bits per heavy atom. The highest BCUT2D eigenvalue weighted by Crippen LogP contribution is 2.21. The highest BCUT2D eigenvalue weighted by Gasteiger charge is 2.26. The minimum atomic E-state index is -4.41. The van der Waals surface area contributed by atoms with Gasteiger partial charge in [-0.2, -0.15) is 4.72 Å². The van der Waals surface area contributed by atoms with Gasteiger partial charge in [0.25, 0.3) is 0 Å². The van der Waals surface area contributed by atoms with Crippen LogP contribution in [0.5, 0.6) is 0 Å². The van der Waals surface area contributed by atoms with Gasteiger partial charge in [0, 0.05) is 12.2 Å². The Morgan fingerprint density at radius 3 is 2.57 bits per heavy atom. The van der Waals surface area contributed by atoms with Crippen molar-refractivity contribution in [3.63, 3.8) is 0 Å². The van der Waals surface area contributed by atoms with E-state index in [4.69, 9.17) is 5.73 Å². The first-order valence-corrected chi connectivity index (χ1v) is 7.72. The van der Waals surface area contributed by atoms with E-state index < -0.39 is 38.5 Å². The number of nitrogen functional groups attached to an aromatic ring is 1. The molecule has 0 fully saturated rings. The number of rotatable bonds is 6. The topological polar surface area (TPSA) is 101 Å². The fourth-order valence-electron chi connectivity index (χ4n) is 1.53. The van der Waals surface area contributed by atoms with E-state index in [1.165, 1.54) is 6.92 Å². The third-order valence-electron chi connectivity index (χ3n) is 2.58. The van der Waals surface area contributed by atoms with Crippen molar-refractivity contribution in [3.8, 4) is 0 Å². The molecule has 0 saturated heterocycles. The molecule has 1 aromatic carbocycles. The Balaban J connectivity index is 3.00. The van der Waals surface area contributed by atoms with Gasteiger partial charge in [0.2, 0.25) is 15.9 Å². The summed E-state index contributed by atoms with van der Waals surface area (Å²) in [5, 5.41) is 2.49. The van der Waals surface area contributed by atoms with Gasteiger partial charge < -0.3 is 11.1 Å². The molecule has 0 aliphatic rings. The monoisotopic (exact) mass is 321 g/mol. The standard InChI is InChI=1S/C12H17F2N3O3S/c1-3-4-16-12(18)7(2)17-21(19,20)10-6-8(15)5-9(13)11(10)14/h5-7,17H,3-4,15H2,1-2H3,(H,16,18). The zero-order chi connectivity index (χ0) is 16.2. The van der Waals surface area contributed by atoms with E-state index in [0.29, 0.717) is 19.0 Å². The first-order valence-electron chi connectivity index (χ1n) is 6.23. The molecule has 0 saturated carbocycles. The molecule has 1 amide bonds. The third kappa shape index (κ3) is 4.36. The van der Waals surface area contributed by atoms with E-state index in [1.54, 1.807) is 0 Å². The molecule has 21 heavy (non-hydrogen) atoms. The molecule has 0 bridgehead atoms. The summed E-state index contributed by atoms with van der Waals surface area (Å²) < 4.78 is 52.7. The van der Waals surface area contributed by atoms with Crippen molar-refractivity contribution in [2.24, 2.45) is 0 Å². The van der Waals surface area contributed by atoms with E-state index in [2.05, 4.69) is 5.32 Å². The Hall–Kier alpha value is -1.74. The first-order chi connectivity index (χ1) is 9.69. The molecule has 1 unspecified atom stereocenters. The van der Waals surface area contributed by atoms with Crippen LogP contribution in [0.25, 0.3) is 0 Å². The lowest BCUT2D eigenvalue weighted by Crippen LogP contribution is -2.45. The smallest absolute Gasteiger partial charge is 0.244 e. The molecular formula is C12H17F2N3O3S. The highest BCUT2D eigenvalue weighted by atomic mass is 32.2. The normalized spacial score (nSPS) is 13.0. The van der Waals surface area contributed by atoms with Crippen molar-refractivity contribution < 1.29 is 22.0 Å². The minimum Gasteiger partial charge on any atom is -0.399 e. The molecule has 1 aromatic rings. The summed E-state index contributed by atoms with van der Waals surface area (Å²) in [7, 11) is -4.41. The maximum absolute atomic E-state index is 13.6. The number of anilines is 1. The summed E-state index contributed by atoms with van der Waals surface area (Å²) in [5.74, 6) is -3.48. The molecule has 6 nitrogen and oxygen atoms in total. The molecule has 0 aliphatic carbocycles. The Kier molecular flexibility index (Phi) is 5.62. The summed E-state index contributed by atoms with van der Waals surface area (Å²) in [6.45, 7) is 3.51. The lowest BCUT2D eigenvalue weighted by Gasteiger charge is -2.15. The number of carbonyl (C=O) groups excluding carboxylic acids is 1. The van der Waals surface area contributed by atoms with E-state index in [1.807, 2.05) is 11.6 Å². The van der Waals surface area contributed by atoms with Crippen LogP contribution in [0.2, 0.25) is 0 Å². The molecule has 9 heteroatoms. The highest BCUT2D eigenvalue weighted by molar-refractivity contribution is 7.89. The van der Waals surface area contributed by atoms with Crippen LogP contribution in [0.15, 0.2) is 17.0 Å². The Morgan fingerprint density at radius 2 is 2.00 bits per heavy atom. The van der Waals surface area contributed by atoms with Gasteiger partial charge in [-0.3, -0.25) is 4.79 Å². The number of amides is 1. The summed E-state index contributed by atoms with van der Waals surface area (Å²) in [4.78, 5) is 10.7. The van der Waals surface area contributed by atoms with Gasteiger partial charge in [-0.25, -0.2) is 17.2 Å². The molecule has 0 aromatic heterocycles. The minimum absolute atomic E-state index is 0.239. The van der Waals surface area contributed by atoms with Gasteiger partial charge in [-0.1, -0.05) is 6.92 Å². The van der Waals surface area contributed by atoms with Crippen molar-refractivity contribution in [1.82, 2.24) is 10.0 Å². The van der Waals surface area contributed by atoms with Crippen molar-refractivity contribution in [1.29, 1.82) is 0 Å². The average Bonchev–Trinajstić information content (AvgIpc) is 2.39. The number of sulfonamides is 1. The predicted molar refractivity (Wildman–Crippen MR) is 73.9 cm³/mol. The summed E-state index contributed by atoms with van der Waals surface area (Å²) in [5.41, 5.74) is 5.06. The number of carbonyl (C=O) groups is 1. The third-order valence-corrected chi connectivity index (χ3v) is 4.12. The van der Waals surface area contributed by atoms with Crippen molar-refractivity contribution in [3.05, 3.63) is 23.8 Å². The van der Waals surface area contributed by atoms with Gasteiger partial charge >= 0.3 is 0 Å². The Labute approximate surface area is 121 Å². The fraction of sp³-hybridized carbons (Fsp3) is 0.417. The second-order valence-corrected chi connectivity index (χ2v) is 6.13.